The first-order chi connectivity index (χ1) is 9.22. The predicted octanol–water partition coefficient (Wildman–Crippen LogP) is 2.84. The van der Waals surface area contributed by atoms with Crippen molar-refractivity contribution in [2.24, 2.45) is 5.73 Å². The third-order valence-corrected chi connectivity index (χ3v) is 3.76. The number of benzene rings is 2. The fourth-order valence-electron chi connectivity index (χ4n) is 2.60. The Morgan fingerprint density at radius 3 is 2.37 bits per heavy atom. The van der Waals surface area contributed by atoms with E-state index >= 15 is 0 Å². The van der Waals surface area contributed by atoms with Gasteiger partial charge in [0.2, 0.25) is 0 Å². The van der Waals surface area contributed by atoms with Crippen LogP contribution in [0.15, 0.2) is 48.5 Å². The van der Waals surface area contributed by atoms with Crippen LogP contribution < -0.4 is 5.73 Å². The molecular formula is C16H16N2S. The molecule has 0 fully saturated rings. The molecule has 1 aliphatic rings. The fraction of sp³-hybridized carbons (Fsp3) is 0.188. The SMILES string of the molecule is NC(=S)c1cccc(CN2Cc3ccccc3C2)c1. The van der Waals surface area contributed by atoms with Crippen molar-refractivity contribution in [1.29, 1.82) is 0 Å². The zero-order valence-corrected chi connectivity index (χ0v) is 11.5. The van der Waals surface area contributed by atoms with E-state index in [-0.39, 0.29) is 0 Å². The van der Waals surface area contributed by atoms with Crippen LogP contribution in [0.5, 0.6) is 0 Å². The maximum atomic E-state index is 5.68. The molecule has 0 amide bonds. The van der Waals surface area contributed by atoms with Gasteiger partial charge in [-0.05, 0) is 22.8 Å². The van der Waals surface area contributed by atoms with E-state index in [1.165, 1.54) is 16.7 Å². The lowest BCUT2D eigenvalue weighted by atomic mass is 10.1. The van der Waals surface area contributed by atoms with Crippen LogP contribution >= 0.6 is 12.2 Å². The van der Waals surface area contributed by atoms with E-state index in [0.29, 0.717) is 4.99 Å². The van der Waals surface area contributed by atoms with Crippen molar-refractivity contribution in [2.45, 2.75) is 19.6 Å². The Hall–Kier alpha value is -1.71. The molecule has 2 aromatic carbocycles. The highest BCUT2D eigenvalue weighted by molar-refractivity contribution is 7.80. The van der Waals surface area contributed by atoms with Gasteiger partial charge in [0.05, 0.1) is 0 Å². The average molecular weight is 268 g/mol. The minimum absolute atomic E-state index is 0.464. The van der Waals surface area contributed by atoms with E-state index in [4.69, 9.17) is 18.0 Å². The lowest BCUT2D eigenvalue weighted by Crippen LogP contribution is -2.16. The predicted molar refractivity (Wildman–Crippen MR) is 81.7 cm³/mol. The number of nitrogens with zero attached hydrogens (tertiary/aromatic N) is 1. The molecule has 96 valence electrons. The standard InChI is InChI=1S/C16H16N2S/c17-16(19)13-7-3-4-12(8-13)9-18-10-14-5-1-2-6-15(14)11-18/h1-8H,9-11H2,(H2,17,19). The summed E-state index contributed by atoms with van der Waals surface area (Å²) >= 11 is 5.03. The molecule has 2 N–H and O–H groups in total. The summed E-state index contributed by atoms with van der Waals surface area (Å²) < 4.78 is 0. The summed E-state index contributed by atoms with van der Waals surface area (Å²) in [6.07, 6.45) is 0. The van der Waals surface area contributed by atoms with Crippen LogP contribution in [-0.2, 0) is 19.6 Å². The van der Waals surface area contributed by atoms with Crippen LogP contribution in [-0.4, -0.2) is 9.89 Å². The summed E-state index contributed by atoms with van der Waals surface area (Å²) in [5, 5.41) is 0. The quantitative estimate of drug-likeness (QED) is 0.868. The lowest BCUT2D eigenvalue weighted by molar-refractivity contribution is 0.275. The normalized spacial score (nSPS) is 14.3. The number of hydrogen-bond acceptors (Lipinski definition) is 2. The van der Waals surface area contributed by atoms with Gasteiger partial charge in [-0.1, -0.05) is 54.7 Å². The van der Waals surface area contributed by atoms with Gasteiger partial charge in [0.25, 0.3) is 0 Å². The molecule has 0 aromatic heterocycles. The number of fused-ring (bicyclic) bond motifs is 1. The lowest BCUT2D eigenvalue weighted by Gasteiger charge is -2.15. The minimum atomic E-state index is 0.464. The van der Waals surface area contributed by atoms with Gasteiger partial charge in [0.1, 0.15) is 4.99 Å². The molecule has 0 saturated carbocycles. The number of hydrogen-bond donors (Lipinski definition) is 1. The van der Waals surface area contributed by atoms with E-state index in [0.717, 1.165) is 25.2 Å². The smallest absolute Gasteiger partial charge is 0.103 e. The van der Waals surface area contributed by atoms with Gasteiger partial charge in [0.15, 0.2) is 0 Å². The van der Waals surface area contributed by atoms with Crippen molar-refractivity contribution in [3.63, 3.8) is 0 Å². The van der Waals surface area contributed by atoms with Crippen molar-refractivity contribution >= 4 is 17.2 Å². The van der Waals surface area contributed by atoms with Gasteiger partial charge in [-0.15, -0.1) is 0 Å². The Bertz CT molecular complexity index is 597. The monoisotopic (exact) mass is 268 g/mol. The first-order valence-corrected chi connectivity index (χ1v) is 6.81. The van der Waals surface area contributed by atoms with Crippen LogP contribution in [0.4, 0.5) is 0 Å². The summed E-state index contributed by atoms with van der Waals surface area (Å²) in [5.74, 6) is 0. The van der Waals surface area contributed by atoms with Crippen molar-refractivity contribution in [1.82, 2.24) is 4.90 Å². The van der Waals surface area contributed by atoms with Crippen LogP contribution in [0.1, 0.15) is 22.3 Å². The molecular weight excluding hydrogens is 252 g/mol. The zero-order valence-electron chi connectivity index (χ0n) is 10.7. The van der Waals surface area contributed by atoms with E-state index in [1.54, 1.807) is 0 Å². The van der Waals surface area contributed by atoms with Crippen molar-refractivity contribution < 1.29 is 0 Å². The second-order valence-corrected chi connectivity index (χ2v) is 5.42. The molecule has 2 nitrogen and oxygen atoms in total. The Labute approximate surface area is 118 Å². The Morgan fingerprint density at radius 1 is 1.05 bits per heavy atom. The van der Waals surface area contributed by atoms with Crippen molar-refractivity contribution in [2.75, 3.05) is 0 Å². The maximum Gasteiger partial charge on any atom is 0.103 e. The molecule has 1 aliphatic heterocycles. The summed E-state index contributed by atoms with van der Waals surface area (Å²) in [4.78, 5) is 2.90. The Morgan fingerprint density at radius 2 is 1.74 bits per heavy atom. The molecule has 0 bridgehead atoms. The Kier molecular flexibility index (Phi) is 3.32. The molecule has 0 aliphatic carbocycles. The van der Waals surface area contributed by atoms with Crippen LogP contribution in [0.3, 0.4) is 0 Å². The number of thiocarbonyl (C=S) groups is 1. The third kappa shape index (κ3) is 2.67. The second-order valence-electron chi connectivity index (χ2n) is 4.98. The van der Waals surface area contributed by atoms with Gasteiger partial charge < -0.3 is 5.73 Å². The fourth-order valence-corrected chi connectivity index (χ4v) is 2.72. The Balaban J connectivity index is 1.74. The molecule has 3 heteroatoms. The highest BCUT2D eigenvalue weighted by Crippen LogP contribution is 2.24. The molecule has 3 rings (SSSR count). The summed E-state index contributed by atoms with van der Waals surface area (Å²) in [7, 11) is 0. The highest BCUT2D eigenvalue weighted by Gasteiger charge is 2.18. The molecule has 1 heterocycles. The van der Waals surface area contributed by atoms with Crippen molar-refractivity contribution in [3.8, 4) is 0 Å². The summed E-state index contributed by atoms with van der Waals surface area (Å²) in [5.41, 5.74) is 10.8. The maximum absolute atomic E-state index is 5.68. The van der Waals surface area contributed by atoms with E-state index in [1.807, 2.05) is 12.1 Å². The highest BCUT2D eigenvalue weighted by atomic mass is 32.1. The average Bonchev–Trinajstić information content (AvgIpc) is 2.81. The topological polar surface area (TPSA) is 29.3 Å². The van der Waals surface area contributed by atoms with Gasteiger partial charge in [-0.2, -0.15) is 0 Å². The molecule has 19 heavy (non-hydrogen) atoms. The summed E-state index contributed by atoms with van der Waals surface area (Å²) in [6, 6.07) is 16.8. The number of rotatable bonds is 3. The minimum Gasteiger partial charge on any atom is -0.389 e. The second kappa shape index (κ2) is 5.11. The van der Waals surface area contributed by atoms with Gasteiger partial charge in [-0.25, -0.2) is 0 Å². The van der Waals surface area contributed by atoms with Crippen LogP contribution in [0.2, 0.25) is 0 Å². The molecule has 0 spiro atoms. The van der Waals surface area contributed by atoms with Crippen molar-refractivity contribution in [3.05, 3.63) is 70.8 Å². The largest absolute Gasteiger partial charge is 0.389 e. The van der Waals surface area contributed by atoms with E-state index in [2.05, 4.69) is 41.3 Å². The first-order valence-electron chi connectivity index (χ1n) is 6.40. The summed E-state index contributed by atoms with van der Waals surface area (Å²) in [6.45, 7) is 2.98. The molecule has 0 unspecified atom stereocenters. The van der Waals surface area contributed by atoms with E-state index in [9.17, 15) is 0 Å². The van der Waals surface area contributed by atoms with Gasteiger partial charge >= 0.3 is 0 Å². The molecule has 0 atom stereocenters. The first kappa shape index (κ1) is 12.3. The van der Waals surface area contributed by atoms with E-state index < -0.39 is 0 Å². The third-order valence-electron chi connectivity index (χ3n) is 3.52. The zero-order chi connectivity index (χ0) is 13.2. The van der Waals surface area contributed by atoms with Crippen LogP contribution in [0, 0.1) is 0 Å². The van der Waals surface area contributed by atoms with Gasteiger partial charge in [0, 0.05) is 25.2 Å². The number of nitrogens with two attached hydrogens (primary N) is 1. The van der Waals surface area contributed by atoms with Crippen LogP contribution in [0.25, 0.3) is 0 Å². The molecule has 0 saturated heterocycles. The van der Waals surface area contributed by atoms with Gasteiger partial charge in [-0.3, -0.25) is 4.90 Å². The molecule has 0 radical (unpaired) electrons. The molecule has 2 aromatic rings.